The second kappa shape index (κ2) is 37.2. The molecule has 0 saturated heterocycles. The molecule has 41 heavy (non-hydrogen) atoms. The summed E-state index contributed by atoms with van der Waals surface area (Å²) in [5.74, 6) is -2.86. The number of rotatable bonds is 28. The maximum absolute atomic E-state index is 11.2. The van der Waals surface area contributed by atoms with Crippen molar-refractivity contribution in [3.05, 3.63) is 0 Å². The molecular formula is C32H60CaN2O6. The van der Waals surface area contributed by atoms with Crippen LogP contribution in [0, 0.1) is 0 Å². The minimum atomic E-state index is -1.24. The smallest absolute Gasteiger partial charge is 0.548 e. The topological polar surface area (TPSA) is 138 Å². The third-order valence-electron chi connectivity index (χ3n) is 6.87. The number of amides is 2. The average Bonchev–Trinajstić information content (AvgIpc) is 2.92. The number of hydrogen-bond acceptors (Lipinski definition) is 6. The summed E-state index contributed by atoms with van der Waals surface area (Å²) in [6, 6.07) is 0. The van der Waals surface area contributed by atoms with Crippen molar-refractivity contribution >= 4 is 61.5 Å². The van der Waals surface area contributed by atoms with Crippen LogP contribution in [0.25, 0.3) is 0 Å². The number of hydrogen-bond donors (Lipinski definition) is 2. The van der Waals surface area contributed by atoms with Gasteiger partial charge in [-0.1, -0.05) is 142 Å². The molecule has 0 spiro atoms. The second-order valence-corrected chi connectivity index (χ2v) is 10.9. The van der Waals surface area contributed by atoms with Gasteiger partial charge in [-0.25, -0.2) is 0 Å². The standard InChI is InChI=1S/2C16H31NO3.Ca/c2*1-2-3-4-5-6-7-8-9-10-11-12-13-15(18)17-14-16(19)20;/h2*2-14H2,1H3,(H,17,18)(H,19,20);/q;;+2/p-2. The first-order valence-corrected chi connectivity index (χ1v) is 16.3. The Labute approximate surface area is 281 Å². The van der Waals surface area contributed by atoms with E-state index in [-0.39, 0.29) is 62.6 Å². The van der Waals surface area contributed by atoms with Gasteiger partial charge in [0.15, 0.2) is 0 Å². The monoisotopic (exact) mass is 608 g/mol. The molecule has 0 aliphatic heterocycles. The Morgan fingerprint density at radius 3 is 0.854 bits per heavy atom. The van der Waals surface area contributed by atoms with Crippen LogP contribution in [0.1, 0.15) is 168 Å². The average molecular weight is 609 g/mol. The summed E-state index contributed by atoms with van der Waals surface area (Å²) < 4.78 is 0. The van der Waals surface area contributed by atoms with Gasteiger partial charge < -0.3 is 30.4 Å². The van der Waals surface area contributed by atoms with Crippen LogP contribution < -0.4 is 20.8 Å². The normalized spacial score (nSPS) is 10.2. The zero-order valence-corrected chi connectivity index (χ0v) is 28.7. The molecule has 0 saturated carbocycles. The molecule has 2 N–H and O–H groups in total. The molecule has 0 bridgehead atoms. The van der Waals surface area contributed by atoms with E-state index in [4.69, 9.17) is 0 Å². The Bertz CT molecular complexity index is 567. The summed E-state index contributed by atoms with van der Waals surface area (Å²) in [5.41, 5.74) is 0. The van der Waals surface area contributed by atoms with Gasteiger partial charge in [0.2, 0.25) is 11.8 Å². The Kier molecular flexibility index (Phi) is 40.4. The molecule has 2 amide bonds. The number of aliphatic carboxylic acids is 2. The molecule has 0 rings (SSSR count). The van der Waals surface area contributed by atoms with Gasteiger partial charge in [0, 0.05) is 12.8 Å². The van der Waals surface area contributed by atoms with Crippen LogP contribution in [0.3, 0.4) is 0 Å². The Morgan fingerprint density at radius 2 is 0.634 bits per heavy atom. The van der Waals surface area contributed by atoms with Crippen LogP contribution in [0.15, 0.2) is 0 Å². The van der Waals surface area contributed by atoms with Gasteiger partial charge in [-0.15, -0.1) is 0 Å². The van der Waals surface area contributed by atoms with Gasteiger partial charge in [-0.05, 0) is 12.8 Å². The molecule has 0 aliphatic rings. The third-order valence-corrected chi connectivity index (χ3v) is 6.87. The van der Waals surface area contributed by atoms with Crippen molar-refractivity contribution in [3.63, 3.8) is 0 Å². The molecule has 0 unspecified atom stereocenters. The van der Waals surface area contributed by atoms with E-state index in [1.54, 1.807) is 0 Å². The largest absolute Gasteiger partial charge is 2.00 e. The molecule has 8 nitrogen and oxygen atoms in total. The number of carboxylic acid groups (broad SMARTS) is 2. The number of unbranched alkanes of at least 4 members (excludes halogenated alkanes) is 20. The Hall–Kier alpha value is -0.860. The zero-order chi connectivity index (χ0) is 30.1. The molecule has 0 heterocycles. The second-order valence-electron chi connectivity index (χ2n) is 10.9. The van der Waals surface area contributed by atoms with Crippen molar-refractivity contribution in [2.75, 3.05) is 13.1 Å². The van der Waals surface area contributed by atoms with Crippen molar-refractivity contribution in [1.29, 1.82) is 0 Å². The predicted octanol–water partition coefficient (Wildman–Crippen LogP) is 4.73. The van der Waals surface area contributed by atoms with Gasteiger partial charge in [0.25, 0.3) is 0 Å². The summed E-state index contributed by atoms with van der Waals surface area (Å²) in [7, 11) is 0. The number of carbonyl (C=O) groups is 4. The van der Waals surface area contributed by atoms with Gasteiger partial charge in [0.1, 0.15) is 0 Å². The predicted molar refractivity (Wildman–Crippen MR) is 164 cm³/mol. The van der Waals surface area contributed by atoms with Crippen molar-refractivity contribution < 1.29 is 29.4 Å². The summed E-state index contributed by atoms with van der Waals surface area (Å²) in [6.07, 6.45) is 28.2. The van der Waals surface area contributed by atoms with Crippen LogP contribution in [-0.4, -0.2) is 74.6 Å². The van der Waals surface area contributed by atoms with E-state index in [1.807, 2.05) is 0 Å². The third kappa shape index (κ3) is 43.7. The van der Waals surface area contributed by atoms with E-state index >= 15 is 0 Å². The summed E-state index contributed by atoms with van der Waals surface area (Å²) >= 11 is 0. The quantitative estimate of drug-likeness (QED) is 0.0973. The van der Waals surface area contributed by atoms with Gasteiger partial charge >= 0.3 is 37.7 Å². The fourth-order valence-electron chi connectivity index (χ4n) is 4.42. The van der Waals surface area contributed by atoms with Gasteiger partial charge in [0.05, 0.1) is 25.0 Å². The van der Waals surface area contributed by atoms with Crippen LogP contribution >= 0.6 is 0 Å². The fourth-order valence-corrected chi connectivity index (χ4v) is 4.42. The fraction of sp³-hybridized carbons (Fsp3) is 0.875. The molecule has 0 aromatic carbocycles. The van der Waals surface area contributed by atoms with Crippen molar-refractivity contribution in [3.8, 4) is 0 Å². The number of carboxylic acids is 2. The molecule has 0 aromatic heterocycles. The minimum Gasteiger partial charge on any atom is -0.548 e. The van der Waals surface area contributed by atoms with Crippen LogP contribution in [0.2, 0.25) is 0 Å². The molecule has 236 valence electrons. The van der Waals surface area contributed by atoms with Crippen molar-refractivity contribution in [1.82, 2.24) is 10.6 Å². The van der Waals surface area contributed by atoms with Gasteiger partial charge in [-0.2, -0.15) is 0 Å². The molecule has 0 radical (unpaired) electrons. The summed E-state index contributed by atoms with van der Waals surface area (Å²) in [5, 5.41) is 24.9. The number of nitrogens with one attached hydrogen (secondary N) is 2. The van der Waals surface area contributed by atoms with Gasteiger partial charge in [-0.3, -0.25) is 9.59 Å². The summed E-state index contributed by atoms with van der Waals surface area (Å²) in [6.45, 7) is 3.71. The van der Waals surface area contributed by atoms with E-state index in [0.29, 0.717) is 12.8 Å². The first-order chi connectivity index (χ1) is 19.3. The first kappa shape index (κ1) is 44.6. The molecule has 0 aromatic rings. The first-order valence-electron chi connectivity index (χ1n) is 16.3. The van der Waals surface area contributed by atoms with Crippen LogP contribution in [-0.2, 0) is 19.2 Å². The van der Waals surface area contributed by atoms with E-state index in [1.165, 1.54) is 116 Å². The SMILES string of the molecule is CCCCCCCCCCCCCC(=O)NCC(=O)[O-].CCCCCCCCCCCCCC(=O)NCC(=O)[O-].[Ca+2]. The van der Waals surface area contributed by atoms with E-state index in [0.717, 1.165) is 25.7 Å². The minimum absolute atomic E-state index is 0. The molecule has 0 fully saturated rings. The summed E-state index contributed by atoms with van der Waals surface area (Å²) in [4.78, 5) is 42.7. The number of carbonyl (C=O) groups excluding carboxylic acids is 4. The van der Waals surface area contributed by atoms with Crippen LogP contribution in [0.4, 0.5) is 0 Å². The van der Waals surface area contributed by atoms with Crippen molar-refractivity contribution in [2.45, 2.75) is 168 Å². The maximum atomic E-state index is 11.2. The molecular weight excluding hydrogens is 548 g/mol. The Morgan fingerprint density at radius 1 is 0.415 bits per heavy atom. The van der Waals surface area contributed by atoms with Crippen LogP contribution in [0.5, 0.6) is 0 Å². The Balaban J connectivity index is -0.000000688. The molecule has 9 heteroatoms. The van der Waals surface area contributed by atoms with E-state index in [9.17, 15) is 29.4 Å². The van der Waals surface area contributed by atoms with E-state index in [2.05, 4.69) is 24.5 Å². The van der Waals surface area contributed by atoms with Crippen molar-refractivity contribution in [2.24, 2.45) is 0 Å². The zero-order valence-electron chi connectivity index (χ0n) is 26.5. The van der Waals surface area contributed by atoms with E-state index < -0.39 is 11.9 Å². The molecule has 0 atom stereocenters. The molecule has 0 aliphatic carbocycles. The maximum Gasteiger partial charge on any atom is 2.00 e.